The predicted molar refractivity (Wildman–Crippen MR) is 96.1 cm³/mol. The van der Waals surface area contributed by atoms with E-state index >= 15 is 0 Å². The van der Waals surface area contributed by atoms with E-state index in [9.17, 15) is 24.5 Å². The number of rotatable bonds is 5. The van der Waals surface area contributed by atoms with E-state index in [2.05, 4.69) is 10.3 Å². The van der Waals surface area contributed by atoms with Gasteiger partial charge in [-0.2, -0.15) is 0 Å². The lowest BCUT2D eigenvalue weighted by atomic mass is 10.1. The van der Waals surface area contributed by atoms with Gasteiger partial charge in [0.15, 0.2) is 0 Å². The highest BCUT2D eigenvalue weighted by Gasteiger charge is 2.21. The maximum Gasteiger partial charge on any atom is 0.328 e. The Morgan fingerprint density at radius 1 is 1.44 bits per heavy atom. The van der Waals surface area contributed by atoms with Crippen molar-refractivity contribution < 1.29 is 14.5 Å². The molecule has 0 radical (unpaired) electrons. The van der Waals surface area contributed by atoms with Gasteiger partial charge in [-0.25, -0.2) is 4.79 Å². The average Bonchev–Trinajstić information content (AvgIpc) is 3.13. The second-order valence-electron chi connectivity index (χ2n) is 6.27. The third-order valence-corrected chi connectivity index (χ3v) is 4.40. The summed E-state index contributed by atoms with van der Waals surface area (Å²) in [6.07, 6.45) is 2.37. The van der Waals surface area contributed by atoms with Gasteiger partial charge in [0.1, 0.15) is 5.56 Å². The number of nitrogens with one attached hydrogen (secondary N) is 2. The molecule has 1 atom stereocenters. The molecule has 1 aliphatic rings. The largest absolute Gasteiger partial charge is 0.376 e. The van der Waals surface area contributed by atoms with Crippen LogP contribution in [0.5, 0.6) is 0 Å². The normalized spacial score (nSPS) is 16.3. The molecule has 10 heteroatoms. The van der Waals surface area contributed by atoms with Gasteiger partial charge in [0.25, 0.3) is 17.2 Å². The first-order valence-electron chi connectivity index (χ1n) is 8.37. The third kappa shape index (κ3) is 3.95. The molecule has 1 amide bonds. The monoisotopic (exact) mass is 374 g/mol. The number of ether oxygens (including phenoxy) is 1. The van der Waals surface area contributed by atoms with Crippen LogP contribution in [0, 0.1) is 17.0 Å². The molecule has 1 saturated heterocycles. The van der Waals surface area contributed by atoms with Crippen LogP contribution in [0.2, 0.25) is 0 Å². The number of anilines is 1. The van der Waals surface area contributed by atoms with Crippen molar-refractivity contribution in [3.63, 3.8) is 0 Å². The second kappa shape index (κ2) is 7.54. The Hall–Kier alpha value is -3.27. The number of hydrogen-bond acceptors (Lipinski definition) is 6. The average molecular weight is 374 g/mol. The number of aryl methyl sites for hydroxylation is 1. The van der Waals surface area contributed by atoms with Gasteiger partial charge < -0.3 is 15.0 Å². The summed E-state index contributed by atoms with van der Waals surface area (Å²) >= 11 is 0. The molecule has 3 rings (SSSR count). The van der Waals surface area contributed by atoms with Gasteiger partial charge in [0, 0.05) is 24.9 Å². The van der Waals surface area contributed by atoms with E-state index in [-0.39, 0.29) is 29.6 Å². The summed E-state index contributed by atoms with van der Waals surface area (Å²) in [4.78, 5) is 49.8. The first-order valence-corrected chi connectivity index (χ1v) is 8.37. The van der Waals surface area contributed by atoms with Crippen molar-refractivity contribution in [2.24, 2.45) is 0 Å². The molecule has 0 saturated carbocycles. The highest BCUT2D eigenvalue weighted by atomic mass is 16.6. The number of amides is 1. The van der Waals surface area contributed by atoms with Crippen LogP contribution in [0.4, 0.5) is 11.4 Å². The number of carbonyl (C=O) groups is 1. The van der Waals surface area contributed by atoms with Crippen molar-refractivity contribution in [1.29, 1.82) is 0 Å². The Bertz CT molecular complexity index is 1000. The van der Waals surface area contributed by atoms with E-state index < -0.39 is 22.1 Å². The quantitative estimate of drug-likeness (QED) is 0.596. The van der Waals surface area contributed by atoms with E-state index in [1.807, 2.05) is 0 Å². The molecule has 2 aromatic rings. The molecule has 1 aromatic heterocycles. The number of nitrogens with zero attached hydrogens (tertiary/aromatic N) is 2. The molecule has 1 unspecified atom stereocenters. The standard InChI is InChI=1S/C17H18N4O6/c1-10-4-5-11(21(25)26)7-14(10)19-15(22)13-8-18-17(24)20(16(13)23)9-12-3-2-6-27-12/h4-5,7-8,12H,2-3,6,9H2,1H3,(H,18,24)(H,19,22). The van der Waals surface area contributed by atoms with Crippen molar-refractivity contribution in [1.82, 2.24) is 9.55 Å². The summed E-state index contributed by atoms with van der Waals surface area (Å²) in [6.45, 7) is 2.30. The van der Waals surface area contributed by atoms with E-state index in [0.29, 0.717) is 12.2 Å². The van der Waals surface area contributed by atoms with Crippen LogP contribution in [-0.4, -0.2) is 33.1 Å². The lowest BCUT2D eigenvalue weighted by molar-refractivity contribution is -0.384. The van der Waals surface area contributed by atoms with E-state index in [1.165, 1.54) is 18.2 Å². The fourth-order valence-electron chi connectivity index (χ4n) is 2.88. The van der Waals surface area contributed by atoms with Crippen LogP contribution < -0.4 is 16.6 Å². The minimum Gasteiger partial charge on any atom is -0.376 e. The molecular formula is C17H18N4O6. The smallest absolute Gasteiger partial charge is 0.328 e. The number of hydrogen-bond donors (Lipinski definition) is 2. The Labute approximate surface area is 152 Å². The molecule has 1 aromatic carbocycles. The highest BCUT2D eigenvalue weighted by molar-refractivity contribution is 6.04. The molecule has 1 fully saturated rings. The number of nitro groups is 1. The van der Waals surface area contributed by atoms with Crippen molar-refractivity contribution in [3.8, 4) is 0 Å². The fraction of sp³-hybridized carbons (Fsp3) is 0.353. The summed E-state index contributed by atoms with van der Waals surface area (Å²) in [7, 11) is 0. The molecule has 2 N–H and O–H groups in total. The minimum atomic E-state index is -0.763. The summed E-state index contributed by atoms with van der Waals surface area (Å²) in [6, 6.07) is 4.03. The summed E-state index contributed by atoms with van der Waals surface area (Å²) in [5.74, 6) is -0.763. The van der Waals surface area contributed by atoms with Gasteiger partial charge in [-0.1, -0.05) is 6.07 Å². The number of H-pyrrole nitrogens is 1. The number of aromatic amines is 1. The topological polar surface area (TPSA) is 136 Å². The number of nitro benzene ring substituents is 1. The van der Waals surface area contributed by atoms with Gasteiger partial charge >= 0.3 is 5.69 Å². The van der Waals surface area contributed by atoms with Gasteiger partial charge in [0.05, 0.1) is 23.3 Å². The Balaban J connectivity index is 1.89. The summed E-state index contributed by atoms with van der Waals surface area (Å²) < 4.78 is 6.37. The zero-order valence-corrected chi connectivity index (χ0v) is 14.6. The zero-order chi connectivity index (χ0) is 19.6. The lowest BCUT2D eigenvalue weighted by Gasteiger charge is -2.12. The van der Waals surface area contributed by atoms with E-state index in [0.717, 1.165) is 23.6 Å². The fourth-order valence-corrected chi connectivity index (χ4v) is 2.88. The molecule has 2 heterocycles. The molecule has 0 bridgehead atoms. The molecule has 27 heavy (non-hydrogen) atoms. The zero-order valence-electron chi connectivity index (χ0n) is 14.6. The van der Waals surface area contributed by atoms with Crippen LogP contribution in [-0.2, 0) is 11.3 Å². The van der Waals surface area contributed by atoms with Gasteiger partial charge in [0.2, 0.25) is 0 Å². The molecular weight excluding hydrogens is 356 g/mol. The van der Waals surface area contributed by atoms with Gasteiger partial charge in [-0.05, 0) is 25.3 Å². The first-order chi connectivity index (χ1) is 12.9. The Morgan fingerprint density at radius 3 is 2.89 bits per heavy atom. The Morgan fingerprint density at radius 2 is 2.22 bits per heavy atom. The molecule has 1 aliphatic heterocycles. The van der Waals surface area contributed by atoms with Crippen LogP contribution in [0.15, 0.2) is 34.0 Å². The van der Waals surface area contributed by atoms with Crippen LogP contribution in [0.25, 0.3) is 0 Å². The number of benzene rings is 1. The molecule has 10 nitrogen and oxygen atoms in total. The second-order valence-corrected chi connectivity index (χ2v) is 6.27. The lowest BCUT2D eigenvalue weighted by Crippen LogP contribution is -2.41. The first kappa shape index (κ1) is 18.5. The van der Waals surface area contributed by atoms with Crippen molar-refractivity contribution >= 4 is 17.3 Å². The molecule has 142 valence electrons. The minimum absolute atomic E-state index is 0.0606. The number of aromatic nitrogens is 2. The predicted octanol–water partition coefficient (Wildman–Crippen LogP) is 1.18. The molecule has 0 spiro atoms. The van der Waals surface area contributed by atoms with Gasteiger partial charge in [-0.3, -0.25) is 24.3 Å². The maximum atomic E-state index is 12.6. The summed E-state index contributed by atoms with van der Waals surface area (Å²) in [5.41, 5.74) is -1.01. The third-order valence-electron chi connectivity index (χ3n) is 4.40. The number of non-ortho nitro benzene ring substituents is 1. The highest BCUT2D eigenvalue weighted by Crippen LogP contribution is 2.22. The van der Waals surface area contributed by atoms with Crippen molar-refractivity contribution in [2.45, 2.75) is 32.4 Å². The van der Waals surface area contributed by atoms with Crippen molar-refractivity contribution in [2.75, 3.05) is 11.9 Å². The Kier molecular flexibility index (Phi) is 5.17. The molecule has 0 aliphatic carbocycles. The van der Waals surface area contributed by atoms with Crippen molar-refractivity contribution in [3.05, 3.63) is 66.5 Å². The van der Waals surface area contributed by atoms with Crippen LogP contribution >= 0.6 is 0 Å². The van der Waals surface area contributed by atoms with E-state index in [4.69, 9.17) is 4.74 Å². The number of carbonyl (C=O) groups excluding carboxylic acids is 1. The van der Waals surface area contributed by atoms with Crippen LogP contribution in [0.1, 0.15) is 28.8 Å². The summed E-state index contributed by atoms with van der Waals surface area (Å²) in [5, 5.41) is 13.4. The van der Waals surface area contributed by atoms with E-state index in [1.54, 1.807) is 6.92 Å². The maximum absolute atomic E-state index is 12.6. The van der Waals surface area contributed by atoms with Gasteiger partial charge in [-0.15, -0.1) is 0 Å². The van der Waals surface area contributed by atoms with Crippen LogP contribution in [0.3, 0.4) is 0 Å². The SMILES string of the molecule is Cc1ccc([N+](=O)[O-])cc1NC(=O)c1c[nH]c(=O)n(CC2CCCO2)c1=O.